The molecule has 0 spiro atoms. The van der Waals surface area contributed by atoms with E-state index < -0.39 is 0 Å². The average molecular weight is 300 g/mol. The molecule has 3 heteroatoms. The highest BCUT2D eigenvalue weighted by atomic mass is 16.3. The van der Waals surface area contributed by atoms with Crippen LogP contribution in [0.5, 0.6) is 0 Å². The van der Waals surface area contributed by atoms with Gasteiger partial charge in [-0.3, -0.25) is 4.79 Å². The van der Waals surface area contributed by atoms with Gasteiger partial charge in [-0.25, -0.2) is 0 Å². The van der Waals surface area contributed by atoms with E-state index in [2.05, 4.69) is 12.1 Å². The first-order valence-corrected chi connectivity index (χ1v) is 7.50. The second-order valence-electron chi connectivity index (χ2n) is 5.78. The van der Waals surface area contributed by atoms with E-state index in [1.54, 1.807) is 13.0 Å². The Hall–Kier alpha value is -3.07. The Bertz CT molecular complexity index is 1240. The van der Waals surface area contributed by atoms with Gasteiger partial charge in [0.05, 0.1) is 5.56 Å². The minimum absolute atomic E-state index is 0.00351. The summed E-state index contributed by atoms with van der Waals surface area (Å²) in [6.45, 7) is 1.56. The van der Waals surface area contributed by atoms with Crippen LogP contribution in [0.3, 0.4) is 0 Å². The summed E-state index contributed by atoms with van der Waals surface area (Å²) in [5.74, 6) is 0.00351. The molecule has 0 N–H and O–H groups in total. The van der Waals surface area contributed by atoms with Crippen LogP contribution in [0.2, 0.25) is 0 Å². The largest absolute Gasteiger partial charge is 0.456 e. The highest BCUT2D eigenvalue weighted by Crippen LogP contribution is 2.37. The lowest BCUT2D eigenvalue weighted by Gasteiger charge is -1.95. The molecule has 3 aromatic carbocycles. The van der Waals surface area contributed by atoms with Gasteiger partial charge in [-0.2, -0.15) is 0 Å². The minimum Gasteiger partial charge on any atom is -0.456 e. The third kappa shape index (κ3) is 1.62. The lowest BCUT2D eigenvalue weighted by molar-refractivity contribution is 0.101. The molecule has 0 aliphatic heterocycles. The number of furan rings is 2. The Labute approximate surface area is 131 Å². The molecule has 5 rings (SSSR count). The standard InChI is InChI=1S/C20H12O3/c1-11(21)12-6-4-7-14-16-9-15-13-5-2-3-8-17(13)22-18(15)10-19(16)23-20(12)14/h2-10H,1H3. The van der Waals surface area contributed by atoms with Crippen LogP contribution in [0.15, 0.2) is 63.4 Å². The summed E-state index contributed by atoms with van der Waals surface area (Å²) < 4.78 is 11.9. The summed E-state index contributed by atoms with van der Waals surface area (Å²) in [7, 11) is 0. The number of para-hydroxylation sites is 2. The first kappa shape index (κ1) is 12.5. The number of hydrogen-bond acceptors (Lipinski definition) is 3. The van der Waals surface area contributed by atoms with Crippen LogP contribution in [-0.2, 0) is 0 Å². The Morgan fingerprint density at radius 2 is 1.48 bits per heavy atom. The zero-order valence-electron chi connectivity index (χ0n) is 12.4. The van der Waals surface area contributed by atoms with E-state index >= 15 is 0 Å². The van der Waals surface area contributed by atoms with Crippen LogP contribution >= 0.6 is 0 Å². The van der Waals surface area contributed by atoms with Gasteiger partial charge in [-0.15, -0.1) is 0 Å². The molecule has 0 fully saturated rings. The quantitative estimate of drug-likeness (QED) is 0.374. The first-order chi connectivity index (χ1) is 11.2. The molecule has 0 saturated carbocycles. The third-order valence-electron chi connectivity index (χ3n) is 4.38. The van der Waals surface area contributed by atoms with E-state index in [1.807, 2.05) is 36.4 Å². The van der Waals surface area contributed by atoms with Crippen LogP contribution in [0, 0.1) is 0 Å². The van der Waals surface area contributed by atoms with E-state index in [0.717, 1.165) is 38.3 Å². The SMILES string of the molecule is CC(=O)c1cccc2c1oc1cc3oc4ccccc4c3cc12. The summed E-state index contributed by atoms with van der Waals surface area (Å²) in [4.78, 5) is 11.8. The van der Waals surface area contributed by atoms with E-state index in [1.165, 1.54) is 0 Å². The van der Waals surface area contributed by atoms with Gasteiger partial charge in [-0.05, 0) is 25.1 Å². The van der Waals surface area contributed by atoms with Crippen molar-refractivity contribution in [3.8, 4) is 0 Å². The number of benzene rings is 3. The maximum atomic E-state index is 11.8. The highest BCUT2D eigenvalue weighted by Gasteiger charge is 2.16. The van der Waals surface area contributed by atoms with Gasteiger partial charge >= 0.3 is 0 Å². The normalized spacial score (nSPS) is 11.9. The molecule has 3 nitrogen and oxygen atoms in total. The molecular weight excluding hydrogens is 288 g/mol. The molecule has 0 amide bonds. The van der Waals surface area contributed by atoms with Crippen LogP contribution in [0.1, 0.15) is 17.3 Å². The Morgan fingerprint density at radius 3 is 2.35 bits per heavy atom. The number of rotatable bonds is 1. The molecule has 5 aromatic rings. The molecule has 0 unspecified atom stereocenters. The van der Waals surface area contributed by atoms with Crippen LogP contribution in [0.25, 0.3) is 43.9 Å². The van der Waals surface area contributed by atoms with Crippen molar-refractivity contribution in [2.45, 2.75) is 6.92 Å². The predicted molar refractivity (Wildman–Crippen MR) is 91.0 cm³/mol. The number of fused-ring (bicyclic) bond motifs is 6. The number of hydrogen-bond donors (Lipinski definition) is 0. The summed E-state index contributed by atoms with van der Waals surface area (Å²) in [6, 6.07) is 17.7. The van der Waals surface area contributed by atoms with Gasteiger partial charge < -0.3 is 8.83 Å². The Balaban J connectivity index is 1.98. The van der Waals surface area contributed by atoms with Crippen molar-refractivity contribution in [3.63, 3.8) is 0 Å². The van der Waals surface area contributed by atoms with Crippen molar-refractivity contribution in [2.75, 3.05) is 0 Å². The van der Waals surface area contributed by atoms with Gasteiger partial charge in [0, 0.05) is 27.6 Å². The second-order valence-corrected chi connectivity index (χ2v) is 5.78. The summed E-state index contributed by atoms with van der Waals surface area (Å²) in [5, 5.41) is 4.10. The number of Topliss-reactive ketones (excluding diaryl/α,β-unsaturated/α-hetero) is 1. The van der Waals surface area contributed by atoms with Crippen molar-refractivity contribution < 1.29 is 13.6 Å². The molecule has 110 valence electrons. The van der Waals surface area contributed by atoms with Gasteiger partial charge in [0.1, 0.15) is 22.3 Å². The monoisotopic (exact) mass is 300 g/mol. The topological polar surface area (TPSA) is 43.4 Å². The summed E-state index contributed by atoms with van der Waals surface area (Å²) in [6.07, 6.45) is 0. The molecule has 2 heterocycles. The Kier molecular flexibility index (Phi) is 2.29. The van der Waals surface area contributed by atoms with Gasteiger partial charge in [0.2, 0.25) is 0 Å². The van der Waals surface area contributed by atoms with E-state index in [0.29, 0.717) is 11.1 Å². The molecule has 0 aliphatic rings. The maximum Gasteiger partial charge on any atom is 0.163 e. The lowest BCUT2D eigenvalue weighted by atomic mass is 10.1. The van der Waals surface area contributed by atoms with E-state index in [9.17, 15) is 4.79 Å². The molecule has 2 aromatic heterocycles. The van der Waals surface area contributed by atoms with Crippen molar-refractivity contribution in [1.29, 1.82) is 0 Å². The van der Waals surface area contributed by atoms with Gasteiger partial charge in [0.25, 0.3) is 0 Å². The number of carbonyl (C=O) groups excluding carboxylic acids is 1. The maximum absolute atomic E-state index is 11.8. The van der Waals surface area contributed by atoms with Crippen molar-refractivity contribution in [3.05, 3.63) is 60.2 Å². The molecule has 0 radical (unpaired) electrons. The minimum atomic E-state index is 0.00351. The van der Waals surface area contributed by atoms with Crippen LogP contribution in [0.4, 0.5) is 0 Å². The molecule has 0 aliphatic carbocycles. The average Bonchev–Trinajstić information content (AvgIpc) is 3.09. The van der Waals surface area contributed by atoms with Gasteiger partial charge in [0.15, 0.2) is 5.78 Å². The van der Waals surface area contributed by atoms with Crippen molar-refractivity contribution >= 4 is 49.7 Å². The van der Waals surface area contributed by atoms with Crippen LogP contribution in [-0.4, -0.2) is 5.78 Å². The lowest BCUT2D eigenvalue weighted by Crippen LogP contribution is -1.91. The fraction of sp³-hybridized carbons (Fsp3) is 0.0500. The molecule has 23 heavy (non-hydrogen) atoms. The van der Waals surface area contributed by atoms with Crippen molar-refractivity contribution in [1.82, 2.24) is 0 Å². The fourth-order valence-electron chi connectivity index (χ4n) is 3.29. The summed E-state index contributed by atoms with van der Waals surface area (Å²) in [5.41, 5.74) is 3.65. The smallest absolute Gasteiger partial charge is 0.163 e. The predicted octanol–water partition coefficient (Wildman–Crippen LogP) is 5.69. The molecular formula is C20H12O3. The Morgan fingerprint density at radius 1 is 0.739 bits per heavy atom. The van der Waals surface area contributed by atoms with Crippen molar-refractivity contribution in [2.24, 2.45) is 0 Å². The third-order valence-corrected chi connectivity index (χ3v) is 4.38. The van der Waals surface area contributed by atoms with E-state index in [4.69, 9.17) is 8.83 Å². The molecule has 0 atom stereocenters. The molecule has 0 saturated heterocycles. The highest BCUT2D eigenvalue weighted by molar-refractivity contribution is 6.18. The fourth-order valence-corrected chi connectivity index (χ4v) is 3.29. The zero-order valence-corrected chi connectivity index (χ0v) is 12.4. The number of ketones is 1. The van der Waals surface area contributed by atoms with Gasteiger partial charge in [-0.1, -0.05) is 30.3 Å². The summed E-state index contributed by atoms with van der Waals surface area (Å²) >= 11 is 0. The second kappa shape index (κ2) is 4.23. The van der Waals surface area contributed by atoms with E-state index in [-0.39, 0.29) is 5.78 Å². The zero-order chi connectivity index (χ0) is 15.6. The number of carbonyl (C=O) groups is 1. The first-order valence-electron chi connectivity index (χ1n) is 7.50. The van der Waals surface area contributed by atoms with Crippen LogP contribution < -0.4 is 0 Å². The molecule has 0 bridgehead atoms.